The van der Waals surface area contributed by atoms with Gasteiger partial charge in [-0.2, -0.15) is 0 Å². The number of aryl methyl sites for hydroxylation is 1. The molecule has 0 heterocycles. The fourth-order valence-corrected chi connectivity index (χ4v) is 3.76. The van der Waals surface area contributed by atoms with Crippen LogP contribution in [0.3, 0.4) is 0 Å². The van der Waals surface area contributed by atoms with Crippen molar-refractivity contribution in [1.82, 2.24) is 10.6 Å². The Kier molecular flexibility index (Phi) is 10.8. The molecule has 0 unspecified atom stereocenters. The van der Waals surface area contributed by atoms with Crippen LogP contribution in [0, 0.1) is 6.92 Å². The maximum Gasteiger partial charge on any atom is 0.411 e. The van der Waals surface area contributed by atoms with E-state index in [1.54, 1.807) is 31.2 Å². The van der Waals surface area contributed by atoms with Gasteiger partial charge in [0.1, 0.15) is 0 Å². The van der Waals surface area contributed by atoms with E-state index in [2.05, 4.69) is 25.7 Å². The van der Waals surface area contributed by atoms with E-state index in [0.29, 0.717) is 41.7 Å². The van der Waals surface area contributed by atoms with Gasteiger partial charge in [-0.1, -0.05) is 24.3 Å². The van der Waals surface area contributed by atoms with Crippen LogP contribution in [0.4, 0.5) is 10.5 Å². The molecule has 2 rings (SSSR count). The maximum atomic E-state index is 11.8. The Bertz CT molecular complexity index is 1010. The maximum absolute atomic E-state index is 11.8. The van der Waals surface area contributed by atoms with Crippen LogP contribution < -0.4 is 16.0 Å². The number of guanidine groups is 1. The summed E-state index contributed by atoms with van der Waals surface area (Å²) in [6, 6.07) is 12.6. The topological polar surface area (TPSA) is 109 Å². The summed E-state index contributed by atoms with van der Waals surface area (Å²) in [4.78, 5) is 16.1. The lowest BCUT2D eigenvalue weighted by Crippen LogP contribution is -2.36. The van der Waals surface area contributed by atoms with Crippen LogP contribution in [-0.2, 0) is 27.7 Å². The van der Waals surface area contributed by atoms with E-state index in [9.17, 15) is 13.2 Å². The van der Waals surface area contributed by atoms with E-state index in [4.69, 9.17) is 0 Å². The van der Waals surface area contributed by atoms with Gasteiger partial charge in [0.2, 0.25) is 0 Å². The first-order valence-electron chi connectivity index (χ1n) is 9.48. The van der Waals surface area contributed by atoms with Gasteiger partial charge in [-0.25, -0.2) is 18.2 Å². The normalized spacial score (nSPS) is 11.3. The van der Waals surface area contributed by atoms with Gasteiger partial charge in [0.25, 0.3) is 0 Å². The summed E-state index contributed by atoms with van der Waals surface area (Å²) in [5.41, 5.74) is 3.31. The second-order valence-corrected chi connectivity index (χ2v) is 8.72. The molecule has 0 saturated heterocycles. The lowest BCUT2D eigenvalue weighted by atomic mass is 10.1. The molecular formula is C21H29IN4O4S. The SMILES string of the molecule is CCNC(=NCc1ccc(S(C)(=O)=O)c(C)c1)NCc1ccc(NC(=O)OC)cc1.I. The molecule has 0 bridgehead atoms. The molecular weight excluding hydrogens is 531 g/mol. The van der Waals surface area contributed by atoms with Gasteiger partial charge in [-0.15, -0.1) is 24.0 Å². The summed E-state index contributed by atoms with van der Waals surface area (Å²) in [5, 5.41) is 9.05. The molecule has 0 atom stereocenters. The number of nitrogens with one attached hydrogen (secondary N) is 3. The summed E-state index contributed by atoms with van der Waals surface area (Å²) in [6.07, 6.45) is 0.695. The van der Waals surface area contributed by atoms with Gasteiger partial charge >= 0.3 is 6.09 Å². The third kappa shape index (κ3) is 8.74. The quantitative estimate of drug-likeness (QED) is 0.272. The standard InChI is InChI=1S/C21H28N4O4S.HI/c1-5-22-20(23-13-16-6-9-18(10-7-16)25-21(26)29-3)24-14-17-8-11-19(15(2)12-17)30(4,27)28;/h6-12H,5,13-14H2,1-4H3,(H,25,26)(H2,22,23,24);1H. The Balaban J connectivity index is 0.00000480. The molecule has 2 aromatic rings. The number of nitrogens with zero attached hydrogens (tertiary/aromatic N) is 1. The number of methoxy groups -OCH3 is 1. The number of aliphatic imine (C=N–C) groups is 1. The number of benzene rings is 2. The van der Waals surface area contributed by atoms with Crippen molar-refractivity contribution in [2.24, 2.45) is 4.99 Å². The van der Waals surface area contributed by atoms with E-state index in [-0.39, 0.29) is 24.0 Å². The zero-order valence-corrected chi connectivity index (χ0v) is 21.2. The number of hydrogen-bond donors (Lipinski definition) is 3. The smallest absolute Gasteiger partial charge is 0.411 e. The van der Waals surface area contributed by atoms with Crippen LogP contribution in [0.15, 0.2) is 52.4 Å². The first-order chi connectivity index (χ1) is 14.2. The predicted molar refractivity (Wildman–Crippen MR) is 134 cm³/mol. The number of rotatable bonds is 7. The van der Waals surface area contributed by atoms with Crippen molar-refractivity contribution in [3.05, 3.63) is 59.2 Å². The van der Waals surface area contributed by atoms with Crippen LogP contribution in [0.1, 0.15) is 23.6 Å². The van der Waals surface area contributed by atoms with Crippen LogP contribution >= 0.6 is 24.0 Å². The van der Waals surface area contributed by atoms with E-state index in [1.807, 2.05) is 25.1 Å². The number of carbonyl (C=O) groups is 1. The average molecular weight is 560 g/mol. The molecule has 0 aromatic heterocycles. The lowest BCUT2D eigenvalue weighted by Gasteiger charge is -2.12. The van der Waals surface area contributed by atoms with Gasteiger partial charge in [0, 0.05) is 25.0 Å². The Morgan fingerprint density at radius 3 is 2.26 bits per heavy atom. The summed E-state index contributed by atoms with van der Waals surface area (Å²) in [6.45, 7) is 5.44. The van der Waals surface area contributed by atoms with Crippen LogP contribution in [0.2, 0.25) is 0 Å². The fraction of sp³-hybridized carbons (Fsp3) is 0.333. The van der Waals surface area contributed by atoms with Crippen molar-refractivity contribution in [2.75, 3.05) is 25.2 Å². The molecule has 10 heteroatoms. The van der Waals surface area contributed by atoms with Crippen LogP contribution in [0.25, 0.3) is 0 Å². The van der Waals surface area contributed by atoms with Gasteiger partial charge in [-0.3, -0.25) is 5.32 Å². The highest BCUT2D eigenvalue weighted by atomic mass is 127. The zero-order chi connectivity index (χ0) is 22.1. The molecule has 170 valence electrons. The number of amides is 1. The number of anilines is 1. The van der Waals surface area contributed by atoms with E-state index >= 15 is 0 Å². The van der Waals surface area contributed by atoms with Crippen LogP contribution in [-0.4, -0.2) is 40.4 Å². The van der Waals surface area contributed by atoms with Crippen LogP contribution in [0.5, 0.6) is 0 Å². The highest BCUT2D eigenvalue weighted by Gasteiger charge is 2.10. The van der Waals surface area contributed by atoms with Crippen molar-refractivity contribution in [3.63, 3.8) is 0 Å². The Labute approximate surface area is 200 Å². The molecule has 0 aliphatic rings. The number of ether oxygens (including phenoxy) is 1. The van der Waals surface area contributed by atoms with Crippen molar-refractivity contribution in [1.29, 1.82) is 0 Å². The van der Waals surface area contributed by atoms with Gasteiger partial charge in [-0.05, 0) is 48.7 Å². The zero-order valence-electron chi connectivity index (χ0n) is 18.1. The first-order valence-corrected chi connectivity index (χ1v) is 11.4. The first kappa shape index (κ1) is 26.7. The third-order valence-electron chi connectivity index (χ3n) is 4.25. The molecule has 31 heavy (non-hydrogen) atoms. The number of carbonyl (C=O) groups excluding carboxylic acids is 1. The molecule has 1 amide bonds. The van der Waals surface area contributed by atoms with E-state index in [0.717, 1.165) is 11.1 Å². The molecule has 0 saturated carbocycles. The molecule has 3 N–H and O–H groups in total. The molecule has 0 aliphatic heterocycles. The van der Waals surface area contributed by atoms with E-state index < -0.39 is 15.9 Å². The fourth-order valence-electron chi connectivity index (χ4n) is 2.80. The van der Waals surface area contributed by atoms with Gasteiger partial charge in [0.15, 0.2) is 15.8 Å². The highest BCUT2D eigenvalue weighted by molar-refractivity contribution is 14.0. The second-order valence-electron chi connectivity index (χ2n) is 6.73. The Hall–Kier alpha value is -2.34. The van der Waals surface area contributed by atoms with Crippen molar-refractivity contribution in [3.8, 4) is 0 Å². The minimum absolute atomic E-state index is 0. The number of halogens is 1. The minimum Gasteiger partial charge on any atom is -0.453 e. The number of sulfone groups is 1. The molecule has 0 radical (unpaired) electrons. The Morgan fingerprint density at radius 1 is 1.06 bits per heavy atom. The lowest BCUT2D eigenvalue weighted by molar-refractivity contribution is 0.187. The predicted octanol–water partition coefficient (Wildman–Crippen LogP) is 3.45. The summed E-state index contributed by atoms with van der Waals surface area (Å²) in [5.74, 6) is 0.652. The highest BCUT2D eigenvalue weighted by Crippen LogP contribution is 2.17. The molecule has 0 aliphatic carbocycles. The van der Waals surface area contributed by atoms with E-state index in [1.165, 1.54) is 13.4 Å². The van der Waals surface area contributed by atoms with Crippen molar-refractivity contribution < 1.29 is 17.9 Å². The monoisotopic (exact) mass is 560 g/mol. The summed E-state index contributed by atoms with van der Waals surface area (Å²) < 4.78 is 28.1. The Morgan fingerprint density at radius 2 is 1.71 bits per heavy atom. The minimum atomic E-state index is -3.23. The van der Waals surface area contributed by atoms with Gasteiger partial charge in [0.05, 0.1) is 18.6 Å². The molecule has 8 nitrogen and oxygen atoms in total. The summed E-state index contributed by atoms with van der Waals surface area (Å²) >= 11 is 0. The second kappa shape index (κ2) is 12.5. The van der Waals surface area contributed by atoms with Gasteiger partial charge < -0.3 is 15.4 Å². The molecule has 2 aromatic carbocycles. The van der Waals surface area contributed by atoms with Crippen molar-refractivity contribution in [2.45, 2.75) is 31.8 Å². The summed E-state index contributed by atoms with van der Waals surface area (Å²) in [7, 11) is -1.92. The molecule has 0 fully saturated rings. The van der Waals surface area contributed by atoms with Crippen molar-refractivity contribution >= 4 is 51.6 Å². The molecule has 0 spiro atoms. The average Bonchev–Trinajstić information content (AvgIpc) is 2.70. The third-order valence-corrected chi connectivity index (χ3v) is 5.51. The number of hydrogen-bond acceptors (Lipinski definition) is 5. The largest absolute Gasteiger partial charge is 0.453 e.